The lowest BCUT2D eigenvalue weighted by molar-refractivity contribution is -0.137. The zero-order valence-corrected chi connectivity index (χ0v) is 18.2. The lowest BCUT2D eigenvalue weighted by atomic mass is 9.86. The van der Waals surface area contributed by atoms with Gasteiger partial charge in [0, 0.05) is 18.2 Å². The van der Waals surface area contributed by atoms with Crippen LogP contribution in [0.25, 0.3) is 0 Å². The second kappa shape index (κ2) is 10.7. The molecule has 0 aromatic carbocycles. The van der Waals surface area contributed by atoms with Crippen LogP contribution < -0.4 is 0 Å². The number of aliphatic hydroxyl groups is 1. The van der Waals surface area contributed by atoms with E-state index in [1.165, 1.54) is 6.42 Å². The molecule has 0 aromatic heterocycles. The zero-order valence-electron chi connectivity index (χ0n) is 17.4. The third-order valence-corrected chi connectivity index (χ3v) is 7.82. The normalized spacial score (nSPS) is 29.0. The van der Waals surface area contributed by atoms with Crippen LogP contribution in [0.5, 0.6) is 0 Å². The summed E-state index contributed by atoms with van der Waals surface area (Å²) >= 11 is 1.82. The Morgan fingerprint density at radius 2 is 2.00 bits per heavy atom. The summed E-state index contributed by atoms with van der Waals surface area (Å²) in [6.45, 7) is 2.81. The van der Waals surface area contributed by atoms with Crippen LogP contribution in [-0.2, 0) is 4.79 Å². The Labute approximate surface area is 177 Å². The summed E-state index contributed by atoms with van der Waals surface area (Å²) in [7, 11) is 0. The Balaban J connectivity index is 1.60. The van der Waals surface area contributed by atoms with Crippen molar-refractivity contribution in [2.24, 2.45) is 11.0 Å². The van der Waals surface area contributed by atoms with Gasteiger partial charge in [-0.3, -0.25) is 4.79 Å². The SMILES string of the molecule is CCCN1C(=O)N(N=CC(O)C2CCCCC2)C2CC(SCCCC(=O)O)CC21. The molecule has 164 valence electrons. The lowest BCUT2D eigenvalue weighted by Gasteiger charge is -2.25. The van der Waals surface area contributed by atoms with Gasteiger partial charge in [0.05, 0.1) is 24.4 Å². The topological polar surface area (TPSA) is 93.4 Å². The van der Waals surface area contributed by atoms with E-state index >= 15 is 0 Å². The lowest BCUT2D eigenvalue weighted by Crippen LogP contribution is -2.35. The highest BCUT2D eigenvalue weighted by Crippen LogP contribution is 2.41. The zero-order chi connectivity index (χ0) is 20.8. The minimum absolute atomic E-state index is 0.0386. The molecule has 29 heavy (non-hydrogen) atoms. The molecule has 1 saturated heterocycles. The molecule has 3 rings (SSSR count). The molecule has 3 aliphatic rings. The summed E-state index contributed by atoms with van der Waals surface area (Å²) in [6, 6.07) is 0.187. The Morgan fingerprint density at radius 3 is 2.69 bits per heavy atom. The number of aliphatic carboxylic acids is 1. The summed E-state index contributed by atoms with van der Waals surface area (Å²) in [5.74, 6) is 0.349. The first-order valence-corrected chi connectivity index (χ1v) is 12.2. The van der Waals surface area contributed by atoms with E-state index in [4.69, 9.17) is 5.11 Å². The molecule has 2 N–H and O–H groups in total. The number of aliphatic hydroxyl groups excluding tert-OH is 1. The Bertz CT molecular complexity index is 596. The van der Waals surface area contributed by atoms with Crippen LogP contribution in [0.1, 0.15) is 71.1 Å². The monoisotopic (exact) mass is 425 g/mol. The third-order valence-electron chi connectivity index (χ3n) is 6.44. The summed E-state index contributed by atoms with van der Waals surface area (Å²) in [5, 5.41) is 25.8. The van der Waals surface area contributed by atoms with E-state index in [9.17, 15) is 14.7 Å². The van der Waals surface area contributed by atoms with Gasteiger partial charge in [-0.15, -0.1) is 0 Å². The largest absolute Gasteiger partial charge is 0.481 e. The number of urea groups is 1. The van der Waals surface area contributed by atoms with Crippen LogP contribution in [0.2, 0.25) is 0 Å². The molecular formula is C21H35N3O4S. The van der Waals surface area contributed by atoms with Crippen LogP contribution >= 0.6 is 11.8 Å². The number of thioether (sulfide) groups is 1. The smallest absolute Gasteiger partial charge is 0.341 e. The van der Waals surface area contributed by atoms with E-state index in [0.29, 0.717) is 11.7 Å². The molecule has 2 amide bonds. The summed E-state index contributed by atoms with van der Waals surface area (Å²) in [4.78, 5) is 25.6. The number of hydrazone groups is 1. The molecule has 0 radical (unpaired) electrons. The number of amides is 2. The van der Waals surface area contributed by atoms with Gasteiger partial charge < -0.3 is 15.1 Å². The fraction of sp³-hybridized carbons (Fsp3) is 0.857. The van der Waals surface area contributed by atoms with Crippen LogP contribution in [0.3, 0.4) is 0 Å². The van der Waals surface area contributed by atoms with Crippen molar-refractivity contribution >= 4 is 30.0 Å². The standard InChI is InChI=1S/C21H35N3O4S/c1-2-10-23-17-12-16(29-11-6-9-20(26)27)13-18(17)24(21(23)28)22-14-19(25)15-7-4-3-5-8-15/h14-19,25H,2-13H2,1H3,(H,26,27). The predicted molar refractivity (Wildman–Crippen MR) is 115 cm³/mol. The van der Waals surface area contributed by atoms with Gasteiger partial charge in [0.15, 0.2) is 0 Å². The van der Waals surface area contributed by atoms with Gasteiger partial charge in [0.2, 0.25) is 0 Å². The molecule has 0 bridgehead atoms. The number of carboxylic acid groups (broad SMARTS) is 1. The minimum atomic E-state index is -0.745. The molecule has 2 aliphatic carbocycles. The molecule has 8 heteroatoms. The average Bonchev–Trinajstić information content (AvgIpc) is 3.22. The van der Waals surface area contributed by atoms with Gasteiger partial charge in [-0.25, -0.2) is 9.80 Å². The maximum atomic E-state index is 12.9. The van der Waals surface area contributed by atoms with Crippen molar-refractivity contribution in [2.45, 2.75) is 94.6 Å². The molecular weight excluding hydrogens is 390 g/mol. The number of carbonyl (C=O) groups is 2. The highest BCUT2D eigenvalue weighted by atomic mass is 32.2. The molecule has 1 aliphatic heterocycles. The van der Waals surface area contributed by atoms with Crippen molar-refractivity contribution in [3.8, 4) is 0 Å². The number of hydrogen-bond donors (Lipinski definition) is 2. The molecule has 0 spiro atoms. The summed E-state index contributed by atoms with van der Waals surface area (Å²) in [6.07, 6.45) is 10.3. The van der Waals surface area contributed by atoms with E-state index < -0.39 is 12.1 Å². The van der Waals surface area contributed by atoms with E-state index in [1.807, 2.05) is 16.7 Å². The van der Waals surface area contributed by atoms with Crippen LogP contribution in [-0.4, -0.2) is 74.1 Å². The van der Waals surface area contributed by atoms with Crippen LogP contribution in [0.4, 0.5) is 4.79 Å². The van der Waals surface area contributed by atoms with Crippen molar-refractivity contribution in [2.75, 3.05) is 12.3 Å². The molecule has 4 atom stereocenters. The molecule has 4 unspecified atom stereocenters. The maximum Gasteiger partial charge on any atom is 0.341 e. The average molecular weight is 426 g/mol. The fourth-order valence-corrected chi connectivity index (χ4v) is 6.26. The number of rotatable bonds is 10. The minimum Gasteiger partial charge on any atom is -0.481 e. The van der Waals surface area contributed by atoms with Gasteiger partial charge in [-0.2, -0.15) is 16.9 Å². The molecule has 7 nitrogen and oxygen atoms in total. The van der Waals surface area contributed by atoms with E-state index in [1.54, 1.807) is 11.2 Å². The number of fused-ring (bicyclic) bond motifs is 1. The quantitative estimate of drug-likeness (QED) is 0.412. The summed E-state index contributed by atoms with van der Waals surface area (Å²) in [5.41, 5.74) is 0. The first kappa shape index (κ1) is 22.4. The van der Waals surface area contributed by atoms with E-state index in [0.717, 1.165) is 57.2 Å². The number of carbonyl (C=O) groups excluding carboxylic acids is 1. The van der Waals surface area contributed by atoms with Crippen molar-refractivity contribution < 1.29 is 19.8 Å². The van der Waals surface area contributed by atoms with Crippen molar-refractivity contribution in [1.29, 1.82) is 0 Å². The maximum absolute atomic E-state index is 12.9. The first-order valence-electron chi connectivity index (χ1n) is 11.2. The Kier molecular flexibility index (Phi) is 8.24. The molecule has 1 heterocycles. The van der Waals surface area contributed by atoms with Gasteiger partial charge in [-0.05, 0) is 50.2 Å². The summed E-state index contributed by atoms with van der Waals surface area (Å²) < 4.78 is 0. The number of carboxylic acids is 1. The third kappa shape index (κ3) is 5.66. The second-order valence-electron chi connectivity index (χ2n) is 8.57. The van der Waals surface area contributed by atoms with Crippen LogP contribution in [0.15, 0.2) is 5.10 Å². The fourth-order valence-electron chi connectivity index (χ4n) is 4.95. The highest BCUT2D eigenvalue weighted by Gasteiger charge is 2.51. The van der Waals surface area contributed by atoms with Crippen LogP contribution in [0, 0.1) is 5.92 Å². The van der Waals surface area contributed by atoms with Gasteiger partial charge in [0.25, 0.3) is 0 Å². The first-order chi connectivity index (χ1) is 14.0. The number of hydrogen-bond acceptors (Lipinski definition) is 5. The highest BCUT2D eigenvalue weighted by molar-refractivity contribution is 7.99. The van der Waals surface area contributed by atoms with Gasteiger partial charge >= 0.3 is 12.0 Å². The Hall–Kier alpha value is -1.28. The molecule has 2 saturated carbocycles. The van der Waals surface area contributed by atoms with Gasteiger partial charge in [0.1, 0.15) is 0 Å². The van der Waals surface area contributed by atoms with E-state index in [2.05, 4.69) is 12.0 Å². The molecule has 3 fully saturated rings. The predicted octanol–water partition coefficient (Wildman–Crippen LogP) is 3.56. The van der Waals surface area contributed by atoms with E-state index in [-0.39, 0.29) is 30.5 Å². The second-order valence-corrected chi connectivity index (χ2v) is 9.98. The Morgan fingerprint density at radius 1 is 1.28 bits per heavy atom. The van der Waals surface area contributed by atoms with Crippen molar-refractivity contribution in [1.82, 2.24) is 9.91 Å². The van der Waals surface area contributed by atoms with Crippen molar-refractivity contribution in [3.05, 3.63) is 0 Å². The number of nitrogens with zero attached hydrogens (tertiary/aromatic N) is 3. The van der Waals surface area contributed by atoms with Crippen molar-refractivity contribution in [3.63, 3.8) is 0 Å². The molecule has 0 aromatic rings. The van der Waals surface area contributed by atoms with Gasteiger partial charge in [-0.1, -0.05) is 26.2 Å².